The largest absolute Gasteiger partial charge is 0.481 e. The third-order valence-corrected chi connectivity index (χ3v) is 3.22. The van der Waals surface area contributed by atoms with Crippen LogP contribution in [0.2, 0.25) is 0 Å². The van der Waals surface area contributed by atoms with Crippen molar-refractivity contribution < 1.29 is 49.2 Å². The number of nitrogens with one attached hydrogen (secondary N) is 3. The van der Waals surface area contributed by atoms with Crippen LogP contribution in [0.3, 0.4) is 0 Å². The van der Waals surface area contributed by atoms with E-state index in [1.807, 2.05) is 16.0 Å². The van der Waals surface area contributed by atoms with Gasteiger partial charge in [-0.1, -0.05) is 0 Å². The molecule has 0 saturated carbocycles. The lowest BCUT2D eigenvalue weighted by atomic mass is 10.1. The first-order valence-electron chi connectivity index (χ1n) is 7.82. The Balaban J connectivity index is 5.20. The molecule has 28 heavy (non-hydrogen) atoms. The van der Waals surface area contributed by atoms with Gasteiger partial charge in [0.25, 0.3) is 0 Å². The quantitative estimate of drug-likeness (QED) is 0.154. The second-order valence-corrected chi connectivity index (χ2v) is 5.70. The lowest BCUT2D eigenvalue weighted by Gasteiger charge is -2.24. The maximum Gasteiger partial charge on any atom is 0.322 e. The zero-order valence-electron chi connectivity index (χ0n) is 14.7. The number of hydrogen-bond acceptors (Lipinski definition) is 8. The topological polar surface area (TPSA) is 245 Å². The summed E-state index contributed by atoms with van der Waals surface area (Å²) in [5.74, 6) is -7.63. The highest BCUT2D eigenvalue weighted by Crippen LogP contribution is 2.00. The Hall–Kier alpha value is -3.26. The standard InChI is InChI=1S/C14H22N4O10/c1-5(19)11(18-12(26)6(15)2-8(20)21)14(28)17-7(3-9(22)23)13(27)16-4-10(24)25/h5-7,11,19H,2-4,15H2,1H3,(H,16,27)(H,17,28)(H,18,26)(H,20,21)(H,22,23)(H,24,25). The van der Waals surface area contributed by atoms with Crippen LogP contribution in [0.25, 0.3) is 0 Å². The molecule has 0 bridgehead atoms. The van der Waals surface area contributed by atoms with Crippen molar-refractivity contribution in [3.05, 3.63) is 0 Å². The predicted octanol–water partition coefficient (Wildman–Crippen LogP) is -4.19. The molecule has 0 aliphatic carbocycles. The maximum absolute atomic E-state index is 12.3. The fraction of sp³-hybridized carbons (Fsp3) is 0.571. The van der Waals surface area contributed by atoms with E-state index in [1.165, 1.54) is 0 Å². The molecule has 0 radical (unpaired) electrons. The van der Waals surface area contributed by atoms with E-state index in [-0.39, 0.29) is 0 Å². The number of amides is 3. The summed E-state index contributed by atoms with van der Waals surface area (Å²) in [5.41, 5.74) is 5.35. The van der Waals surface area contributed by atoms with Gasteiger partial charge in [0.05, 0.1) is 25.0 Å². The zero-order chi connectivity index (χ0) is 22.0. The number of nitrogens with two attached hydrogens (primary N) is 1. The van der Waals surface area contributed by atoms with E-state index in [0.717, 1.165) is 6.92 Å². The first-order valence-corrected chi connectivity index (χ1v) is 7.82. The number of rotatable bonds is 12. The van der Waals surface area contributed by atoms with Gasteiger partial charge in [0.1, 0.15) is 18.6 Å². The van der Waals surface area contributed by atoms with Crippen molar-refractivity contribution in [2.24, 2.45) is 5.73 Å². The third-order valence-electron chi connectivity index (χ3n) is 3.22. The molecule has 158 valence electrons. The van der Waals surface area contributed by atoms with Crippen LogP contribution in [0, 0.1) is 0 Å². The number of carbonyl (C=O) groups is 6. The molecule has 0 aromatic carbocycles. The molecule has 9 N–H and O–H groups in total. The van der Waals surface area contributed by atoms with Crippen molar-refractivity contribution in [3.8, 4) is 0 Å². The van der Waals surface area contributed by atoms with Crippen molar-refractivity contribution >= 4 is 35.6 Å². The number of aliphatic carboxylic acids is 3. The van der Waals surface area contributed by atoms with E-state index < -0.39 is 79.2 Å². The Morgan fingerprint density at radius 1 is 0.821 bits per heavy atom. The van der Waals surface area contributed by atoms with Gasteiger partial charge in [-0.2, -0.15) is 0 Å². The van der Waals surface area contributed by atoms with E-state index in [0.29, 0.717) is 0 Å². The molecular weight excluding hydrogens is 384 g/mol. The maximum atomic E-state index is 12.3. The van der Waals surface area contributed by atoms with Gasteiger partial charge in [0.15, 0.2) is 0 Å². The number of hydrogen-bond donors (Lipinski definition) is 8. The summed E-state index contributed by atoms with van der Waals surface area (Å²) in [6, 6.07) is -4.91. The van der Waals surface area contributed by atoms with Crippen LogP contribution in [-0.4, -0.2) is 86.8 Å². The smallest absolute Gasteiger partial charge is 0.322 e. The normalized spacial score (nSPS) is 14.7. The minimum Gasteiger partial charge on any atom is -0.481 e. The van der Waals surface area contributed by atoms with Gasteiger partial charge in [0.2, 0.25) is 17.7 Å². The molecule has 0 aliphatic rings. The van der Waals surface area contributed by atoms with E-state index in [4.69, 9.17) is 21.1 Å². The number of carboxylic acid groups (broad SMARTS) is 3. The lowest BCUT2D eigenvalue weighted by Crippen LogP contribution is -2.59. The number of carbonyl (C=O) groups excluding carboxylic acids is 3. The number of aliphatic hydroxyl groups is 1. The van der Waals surface area contributed by atoms with E-state index in [9.17, 15) is 33.9 Å². The fourth-order valence-corrected chi connectivity index (χ4v) is 1.88. The van der Waals surface area contributed by atoms with Gasteiger partial charge < -0.3 is 42.1 Å². The van der Waals surface area contributed by atoms with Crippen LogP contribution < -0.4 is 21.7 Å². The third kappa shape index (κ3) is 9.44. The predicted molar refractivity (Wildman–Crippen MR) is 88.7 cm³/mol. The van der Waals surface area contributed by atoms with E-state index in [2.05, 4.69) is 0 Å². The van der Waals surface area contributed by atoms with Gasteiger partial charge in [-0.05, 0) is 6.92 Å². The molecular formula is C14H22N4O10. The monoisotopic (exact) mass is 406 g/mol. The second kappa shape index (κ2) is 11.5. The Morgan fingerprint density at radius 2 is 1.36 bits per heavy atom. The summed E-state index contributed by atoms with van der Waals surface area (Å²) in [5, 5.41) is 41.5. The van der Waals surface area contributed by atoms with Crippen LogP contribution in [0.1, 0.15) is 19.8 Å². The molecule has 0 saturated heterocycles. The summed E-state index contributed by atoms with van der Waals surface area (Å²) in [6.45, 7) is 0.273. The average molecular weight is 406 g/mol. The average Bonchev–Trinajstić information content (AvgIpc) is 2.54. The molecule has 0 rings (SSSR count). The minimum atomic E-state index is -1.70. The number of aliphatic hydroxyl groups excluding tert-OH is 1. The van der Waals surface area contributed by atoms with Crippen LogP contribution in [0.4, 0.5) is 0 Å². The molecule has 0 aromatic rings. The van der Waals surface area contributed by atoms with Crippen molar-refractivity contribution in [1.29, 1.82) is 0 Å². The van der Waals surface area contributed by atoms with E-state index >= 15 is 0 Å². The van der Waals surface area contributed by atoms with Crippen LogP contribution in [0.15, 0.2) is 0 Å². The Kier molecular flexibility index (Phi) is 10.1. The Labute approximate surface area is 158 Å². The molecule has 4 unspecified atom stereocenters. The van der Waals surface area contributed by atoms with Crippen LogP contribution >= 0.6 is 0 Å². The second-order valence-electron chi connectivity index (χ2n) is 5.70. The summed E-state index contributed by atoms with van der Waals surface area (Å²) in [7, 11) is 0. The number of carboxylic acids is 3. The van der Waals surface area contributed by atoms with Crippen molar-refractivity contribution in [1.82, 2.24) is 16.0 Å². The minimum absolute atomic E-state index is 0.751. The molecule has 4 atom stereocenters. The highest BCUT2D eigenvalue weighted by atomic mass is 16.4. The first-order chi connectivity index (χ1) is 12.8. The molecule has 0 spiro atoms. The highest BCUT2D eigenvalue weighted by Gasteiger charge is 2.32. The van der Waals surface area contributed by atoms with Gasteiger partial charge in [-0.25, -0.2) is 0 Å². The molecule has 0 aliphatic heterocycles. The fourth-order valence-electron chi connectivity index (χ4n) is 1.88. The van der Waals surface area contributed by atoms with Crippen LogP contribution in [0.5, 0.6) is 0 Å². The summed E-state index contributed by atoms with van der Waals surface area (Å²) >= 11 is 0. The zero-order valence-corrected chi connectivity index (χ0v) is 14.7. The van der Waals surface area contributed by atoms with Crippen molar-refractivity contribution in [2.45, 2.75) is 44.0 Å². The molecule has 3 amide bonds. The lowest BCUT2D eigenvalue weighted by molar-refractivity contribution is -0.142. The molecule has 0 aromatic heterocycles. The summed E-state index contributed by atoms with van der Waals surface area (Å²) in [6.07, 6.45) is -3.18. The van der Waals surface area contributed by atoms with Gasteiger partial charge >= 0.3 is 17.9 Å². The van der Waals surface area contributed by atoms with Gasteiger partial charge in [0, 0.05) is 0 Å². The summed E-state index contributed by atoms with van der Waals surface area (Å²) in [4.78, 5) is 67.9. The first kappa shape index (κ1) is 24.7. The van der Waals surface area contributed by atoms with Crippen molar-refractivity contribution in [2.75, 3.05) is 6.54 Å². The Bertz CT molecular complexity index is 636. The van der Waals surface area contributed by atoms with Gasteiger partial charge in [-0.15, -0.1) is 0 Å². The van der Waals surface area contributed by atoms with Gasteiger partial charge in [-0.3, -0.25) is 28.8 Å². The van der Waals surface area contributed by atoms with Crippen LogP contribution in [-0.2, 0) is 28.8 Å². The summed E-state index contributed by atoms with van der Waals surface area (Å²) < 4.78 is 0. The highest BCUT2D eigenvalue weighted by molar-refractivity contribution is 5.95. The molecule has 14 heteroatoms. The SMILES string of the molecule is CC(O)C(NC(=O)C(N)CC(=O)O)C(=O)NC(CC(=O)O)C(=O)NCC(=O)O. The molecule has 14 nitrogen and oxygen atoms in total. The van der Waals surface area contributed by atoms with Crippen molar-refractivity contribution in [3.63, 3.8) is 0 Å². The van der Waals surface area contributed by atoms with E-state index in [1.54, 1.807) is 0 Å². The molecule has 0 heterocycles. The molecule has 0 fully saturated rings. The Morgan fingerprint density at radius 3 is 1.79 bits per heavy atom.